The Labute approximate surface area is 259 Å². The molecule has 212 valence electrons. The fraction of sp³-hybridized carbons (Fsp3) is 0. The first-order valence-corrected chi connectivity index (χ1v) is 16.6. The van der Waals surface area contributed by atoms with Gasteiger partial charge in [0.05, 0.1) is 39.1 Å². The number of aromatic nitrogens is 4. The predicted octanol–water partition coefficient (Wildman–Crippen LogP) is 7.92. The largest absolute Gasteiger partial charge is 0.308 e. The molecule has 3 heterocycles. The Bertz CT molecular complexity index is 2460. The molecule has 1 aliphatic rings. The van der Waals surface area contributed by atoms with Gasteiger partial charge in [0, 0.05) is 32.6 Å². The maximum absolute atomic E-state index is 15.9. The van der Waals surface area contributed by atoms with Crippen molar-refractivity contribution in [3.63, 3.8) is 0 Å². The monoisotopic (exact) mass is 596 g/mol. The Balaban J connectivity index is 1.38. The maximum Gasteiger partial charge on any atom is 0.175 e. The summed E-state index contributed by atoms with van der Waals surface area (Å²) < 4.78 is 18.1. The highest BCUT2D eigenvalue weighted by Crippen LogP contribution is 2.50. The second-order valence-corrected chi connectivity index (χ2v) is 13.9. The van der Waals surface area contributed by atoms with Crippen LogP contribution in [0.15, 0.2) is 152 Å². The minimum Gasteiger partial charge on any atom is -0.308 e. The molecule has 5 nitrogen and oxygen atoms in total. The van der Waals surface area contributed by atoms with E-state index in [9.17, 15) is 0 Å². The van der Waals surface area contributed by atoms with Crippen molar-refractivity contribution >= 4 is 45.1 Å². The minimum absolute atomic E-state index is 0.750. The summed E-state index contributed by atoms with van der Waals surface area (Å²) >= 11 is 0. The van der Waals surface area contributed by atoms with Crippen LogP contribution in [-0.2, 0) is 4.57 Å². The van der Waals surface area contributed by atoms with E-state index in [2.05, 4.69) is 47.0 Å². The van der Waals surface area contributed by atoms with E-state index in [-0.39, 0.29) is 0 Å². The first-order chi connectivity index (χ1) is 22.2. The van der Waals surface area contributed by atoms with Crippen molar-refractivity contribution in [3.05, 3.63) is 152 Å². The fourth-order valence-corrected chi connectivity index (χ4v) is 9.57. The number of benzene rings is 6. The summed E-state index contributed by atoms with van der Waals surface area (Å²) in [7, 11) is -3.33. The molecule has 1 atom stereocenters. The average Bonchev–Trinajstić information content (AvgIpc) is 3.51. The molecular weight excluding hydrogens is 571 g/mol. The van der Waals surface area contributed by atoms with Gasteiger partial charge in [-0.05, 0) is 36.4 Å². The van der Waals surface area contributed by atoms with Gasteiger partial charge >= 0.3 is 0 Å². The standard InChI is InChI=1S/C39H25N4OP/c44-45(29-17-8-3-9-18-29)34-22-12-21-32-38(34)43(39(42-32)27-15-6-2-7-16-27)33-24-23-28(25-35(33)45)37-36(26-13-4-1-5-14-26)40-30-19-10-11-20-31(30)41-37/h1-25H. The summed E-state index contributed by atoms with van der Waals surface area (Å²) in [5.74, 6) is 0.821. The molecule has 8 aromatic rings. The lowest BCUT2D eigenvalue weighted by atomic mass is 10.0. The maximum atomic E-state index is 15.9. The Morgan fingerprint density at radius 2 is 1.04 bits per heavy atom. The second-order valence-electron chi connectivity index (χ2n) is 11.2. The zero-order chi connectivity index (χ0) is 30.0. The van der Waals surface area contributed by atoms with Gasteiger partial charge in [-0.15, -0.1) is 0 Å². The third kappa shape index (κ3) is 3.88. The zero-order valence-corrected chi connectivity index (χ0v) is 25.0. The number of hydrogen-bond donors (Lipinski definition) is 0. The Morgan fingerprint density at radius 3 is 1.73 bits per heavy atom. The molecule has 0 radical (unpaired) electrons. The van der Waals surface area contributed by atoms with Gasteiger partial charge in [0.2, 0.25) is 0 Å². The third-order valence-corrected chi connectivity index (χ3v) is 11.7. The topological polar surface area (TPSA) is 60.7 Å². The van der Waals surface area contributed by atoms with Crippen molar-refractivity contribution in [2.24, 2.45) is 0 Å². The van der Waals surface area contributed by atoms with Crippen LogP contribution in [-0.4, -0.2) is 19.5 Å². The van der Waals surface area contributed by atoms with Crippen LogP contribution in [0.25, 0.3) is 61.7 Å². The Morgan fingerprint density at radius 1 is 0.467 bits per heavy atom. The van der Waals surface area contributed by atoms with E-state index >= 15 is 4.57 Å². The van der Waals surface area contributed by atoms with Crippen LogP contribution in [0.5, 0.6) is 0 Å². The molecule has 45 heavy (non-hydrogen) atoms. The summed E-state index contributed by atoms with van der Waals surface area (Å²) in [5, 5.41) is 2.34. The molecular formula is C39H25N4OP. The molecule has 0 amide bonds. The van der Waals surface area contributed by atoms with E-state index in [0.29, 0.717) is 0 Å². The van der Waals surface area contributed by atoms with Gasteiger partial charge in [-0.3, -0.25) is 4.57 Å². The van der Waals surface area contributed by atoms with Gasteiger partial charge in [0.15, 0.2) is 7.14 Å². The molecule has 0 bridgehead atoms. The summed E-state index contributed by atoms with van der Waals surface area (Å²) in [4.78, 5) is 15.4. The van der Waals surface area contributed by atoms with Crippen molar-refractivity contribution in [3.8, 4) is 39.6 Å². The number of hydrogen-bond acceptors (Lipinski definition) is 4. The van der Waals surface area contributed by atoms with Crippen LogP contribution in [0.1, 0.15) is 0 Å². The van der Waals surface area contributed by atoms with E-state index in [1.807, 2.05) is 109 Å². The first kappa shape index (κ1) is 25.8. The van der Waals surface area contributed by atoms with Gasteiger partial charge in [-0.2, -0.15) is 0 Å². The second kappa shape index (κ2) is 9.95. The van der Waals surface area contributed by atoms with Crippen LogP contribution in [0.4, 0.5) is 0 Å². The summed E-state index contributed by atoms with van der Waals surface area (Å²) in [6.45, 7) is 0. The van der Waals surface area contributed by atoms with Crippen molar-refractivity contribution in [1.29, 1.82) is 0 Å². The van der Waals surface area contributed by atoms with Crippen molar-refractivity contribution in [1.82, 2.24) is 19.5 Å². The lowest BCUT2D eigenvalue weighted by molar-refractivity contribution is 0.592. The van der Waals surface area contributed by atoms with Crippen molar-refractivity contribution in [2.45, 2.75) is 0 Å². The fourth-order valence-electron chi connectivity index (χ4n) is 6.53. The third-order valence-electron chi connectivity index (χ3n) is 8.59. The van der Waals surface area contributed by atoms with Gasteiger partial charge in [0.25, 0.3) is 0 Å². The minimum atomic E-state index is -3.33. The molecule has 1 aliphatic heterocycles. The van der Waals surface area contributed by atoms with Crippen LogP contribution >= 0.6 is 7.14 Å². The molecule has 0 saturated carbocycles. The van der Waals surface area contributed by atoms with E-state index in [1.54, 1.807) is 0 Å². The molecule has 9 rings (SSSR count). The van der Waals surface area contributed by atoms with Crippen LogP contribution in [0.2, 0.25) is 0 Å². The van der Waals surface area contributed by atoms with Gasteiger partial charge in [-0.25, -0.2) is 15.0 Å². The number of imidazole rings is 1. The highest BCUT2D eigenvalue weighted by atomic mass is 31.2. The molecule has 6 heteroatoms. The van der Waals surface area contributed by atoms with Crippen LogP contribution < -0.4 is 15.9 Å². The quantitative estimate of drug-likeness (QED) is 0.194. The van der Waals surface area contributed by atoms with Crippen LogP contribution in [0.3, 0.4) is 0 Å². The SMILES string of the molecule is O=P1(c2ccccc2)c2cc(-c3nc4ccccc4nc3-c3ccccc3)ccc2-n2c(-c3ccccc3)nc3cccc1c32. The molecule has 6 aromatic carbocycles. The Hall–Kier alpha value is -5.64. The van der Waals surface area contributed by atoms with E-state index < -0.39 is 7.14 Å². The number of para-hydroxylation sites is 3. The van der Waals surface area contributed by atoms with E-state index in [1.165, 1.54) is 0 Å². The molecule has 1 unspecified atom stereocenters. The summed E-state index contributed by atoms with van der Waals surface area (Å²) in [5.41, 5.74) is 8.58. The van der Waals surface area contributed by atoms with Crippen molar-refractivity contribution < 1.29 is 4.57 Å². The normalized spacial score (nSPS) is 15.3. The summed E-state index contributed by atoms with van der Waals surface area (Å²) in [6.07, 6.45) is 0. The summed E-state index contributed by atoms with van der Waals surface area (Å²) in [6, 6.07) is 50.3. The highest BCUT2D eigenvalue weighted by molar-refractivity contribution is 7.86. The highest BCUT2D eigenvalue weighted by Gasteiger charge is 2.40. The number of fused-ring (bicyclic) bond motifs is 3. The smallest absolute Gasteiger partial charge is 0.175 e. The van der Waals surface area contributed by atoms with Crippen LogP contribution in [0, 0.1) is 0 Å². The van der Waals surface area contributed by atoms with Gasteiger partial charge in [-0.1, -0.05) is 115 Å². The Kier molecular flexibility index (Phi) is 5.71. The number of nitrogens with zero attached hydrogens (tertiary/aromatic N) is 4. The van der Waals surface area contributed by atoms with E-state index in [0.717, 1.165) is 77.6 Å². The first-order valence-electron chi connectivity index (χ1n) is 14.9. The van der Waals surface area contributed by atoms with E-state index in [4.69, 9.17) is 15.0 Å². The average molecular weight is 597 g/mol. The van der Waals surface area contributed by atoms with Gasteiger partial charge < -0.3 is 4.57 Å². The van der Waals surface area contributed by atoms with Gasteiger partial charge in [0.1, 0.15) is 5.82 Å². The molecule has 0 N–H and O–H groups in total. The zero-order valence-electron chi connectivity index (χ0n) is 24.1. The van der Waals surface area contributed by atoms with Crippen molar-refractivity contribution in [2.75, 3.05) is 0 Å². The molecule has 2 aromatic heterocycles. The molecule has 0 aliphatic carbocycles. The molecule has 0 spiro atoms. The predicted molar refractivity (Wildman–Crippen MR) is 183 cm³/mol. The lowest BCUT2D eigenvalue weighted by Crippen LogP contribution is -2.33. The number of rotatable bonds is 4. The molecule has 0 saturated heterocycles. The molecule has 0 fully saturated rings. The lowest BCUT2D eigenvalue weighted by Gasteiger charge is -2.29.